The van der Waals surface area contributed by atoms with Gasteiger partial charge in [0, 0.05) is 12.1 Å². The Labute approximate surface area is 117 Å². The lowest BCUT2D eigenvalue weighted by Gasteiger charge is -2.38. The smallest absolute Gasteiger partial charge is 0.0325 e. The predicted molar refractivity (Wildman–Crippen MR) is 81.4 cm³/mol. The summed E-state index contributed by atoms with van der Waals surface area (Å²) < 4.78 is 0. The maximum Gasteiger partial charge on any atom is 0.0325 e. The zero-order chi connectivity index (χ0) is 13.5. The van der Waals surface area contributed by atoms with Crippen LogP contribution in [-0.4, -0.2) is 6.04 Å². The van der Waals surface area contributed by atoms with E-state index in [1.165, 1.54) is 32.1 Å². The van der Waals surface area contributed by atoms with Crippen molar-refractivity contribution >= 4 is 0 Å². The second kappa shape index (κ2) is 4.94. The minimum atomic E-state index is 0.345. The third kappa shape index (κ3) is 2.58. The topological polar surface area (TPSA) is 12.0 Å². The van der Waals surface area contributed by atoms with Crippen LogP contribution in [0.15, 0.2) is 24.3 Å². The minimum absolute atomic E-state index is 0.345. The van der Waals surface area contributed by atoms with Crippen molar-refractivity contribution in [3.63, 3.8) is 0 Å². The maximum atomic E-state index is 3.94. The molecule has 0 saturated heterocycles. The quantitative estimate of drug-likeness (QED) is 0.818. The van der Waals surface area contributed by atoms with Crippen LogP contribution < -0.4 is 5.32 Å². The Hall–Kier alpha value is -0.820. The second-order valence-corrected chi connectivity index (χ2v) is 7.34. The van der Waals surface area contributed by atoms with Gasteiger partial charge in [-0.15, -0.1) is 0 Å². The summed E-state index contributed by atoms with van der Waals surface area (Å²) in [6.45, 7) is 7.17. The van der Waals surface area contributed by atoms with Gasteiger partial charge in [0.15, 0.2) is 0 Å². The van der Waals surface area contributed by atoms with Crippen LogP contribution in [0.25, 0.3) is 0 Å². The van der Waals surface area contributed by atoms with Crippen molar-refractivity contribution in [2.75, 3.05) is 0 Å². The average molecular weight is 257 g/mol. The average Bonchev–Trinajstić information content (AvgIpc) is 2.79. The molecule has 0 aromatic heterocycles. The van der Waals surface area contributed by atoms with Crippen molar-refractivity contribution < 1.29 is 0 Å². The van der Waals surface area contributed by atoms with E-state index in [2.05, 4.69) is 50.4 Å². The maximum absolute atomic E-state index is 3.94. The van der Waals surface area contributed by atoms with Gasteiger partial charge in [-0.25, -0.2) is 0 Å². The molecule has 0 bridgehead atoms. The number of nitrogens with one attached hydrogen (secondary N) is 1. The van der Waals surface area contributed by atoms with E-state index in [-0.39, 0.29) is 0 Å². The third-order valence-corrected chi connectivity index (χ3v) is 5.26. The van der Waals surface area contributed by atoms with Gasteiger partial charge >= 0.3 is 0 Å². The van der Waals surface area contributed by atoms with Crippen LogP contribution in [0.2, 0.25) is 0 Å². The van der Waals surface area contributed by atoms with Crippen molar-refractivity contribution in [2.24, 2.45) is 5.92 Å². The molecular formula is C18H27N. The highest BCUT2D eigenvalue weighted by Crippen LogP contribution is 2.42. The van der Waals surface area contributed by atoms with Crippen LogP contribution >= 0.6 is 0 Å². The molecule has 0 radical (unpaired) electrons. The fourth-order valence-electron chi connectivity index (χ4n) is 4.03. The summed E-state index contributed by atoms with van der Waals surface area (Å²) in [7, 11) is 0. The molecule has 1 saturated carbocycles. The Bertz CT molecular complexity index is 449. The SMILES string of the molecule is CC1CCC(NC2CCC(C)(C)c3ccccc32)C1. The second-order valence-electron chi connectivity index (χ2n) is 7.34. The predicted octanol–water partition coefficient (Wildman–Crippen LogP) is 4.58. The first-order chi connectivity index (χ1) is 9.06. The van der Waals surface area contributed by atoms with Crippen LogP contribution in [0.3, 0.4) is 0 Å². The number of hydrogen-bond acceptors (Lipinski definition) is 1. The van der Waals surface area contributed by atoms with Gasteiger partial charge in [-0.2, -0.15) is 0 Å². The lowest BCUT2D eigenvalue weighted by molar-refractivity contribution is 0.330. The fourth-order valence-corrected chi connectivity index (χ4v) is 4.03. The van der Waals surface area contributed by atoms with E-state index in [1.54, 1.807) is 11.1 Å². The molecule has 3 atom stereocenters. The van der Waals surface area contributed by atoms with E-state index in [0.29, 0.717) is 11.5 Å². The zero-order valence-electron chi connectivity index (χ0n) is 12.6. The number of benzene rings is 1. The Kier molecular flexibility index (Phi) is 3.42. The largest absolute Gasteiger partial charge is 0.307 e. The van der Waals surface area contributed by atoms with Gasteiger partial charge in [-0.05, 0) is 54.6 Å². The molecule has 2 aliphatic rings. The number of rotatable bonds is 2. The molecule has 19 heavy (non-hydrogen) atoms. The van der Waals surface area contributed by atoms with Crippen LogP contribution in [0.4, 0.5) is 0 Å². The Morgan fingerprint density at radius 1 is 1.11 bits per heavy atom. The van der Waals surface area contributed by atoms with Crippen molar-refractivity contribution in [2.45, 2.75) is 70.4 Å². The molecule has 3 rings (SSSR count). The van der Waals surface area contributed by atoms with Gasteiger partial charge in [0.05, 0.1) is 0 Å². The lowest BCUT2D eigenvalue weighted by Crippen LogP contribution is -2.37. The van der Waals surface area contributed by atoms with Gasteiger partial charge in [0.1, 0.15) is 0 Å². The zero-order valence-corrected chi connectivity index (χ0v) is 12.6. The lowest BCUT2D eigenvalue weighted by atomic mass is 9.71. The van der Waals surface area contributed by atoms with E-state index in [9.17, 15) is 0 Å². The Morgan fingerprint density at radius 2 is 1.89 bits per heavy atom. The summed E-state index contributed by atoms with van der Waals surface area (Å²) >= 11 is 0. The first-order valence-corrected chi connectivity index (χ1v) is 7.92. The van der Waals surface area contributed by atoms with Crippen molar-refractivity contribution in [3.05, 3.63) is 35.4 Å². The Balaban J connectivity index is 1.80. The van der Waals surface area contributed by atoms with Gasteiger partial charge in [-0.3, -0.25) is 0 Å². The first-order valence-electron chi connectivity index (χ1n) is 7.92. The molecule has 0 aliphatic heterocycles. The summed E-state index contributed by atoms with van der Waals surface area (Å²) in [5, 5.41) is 3.94. The summed E-state index contributed by atoms with van der Waals surface area (Å²) in [4.78, 5) is 0. The molecule has 1 heteroatoms. The molecule has 3 unspecified atom stereocenters. The number of fused-ring (bicyclic) bond motifs is 1. The normalized spacial score (nSPS) is 33.1. The van der Waals surface area contributed by atoms with Crippen LogP contribution in [0, 0.1) is 5.92 Å². The highest BCUT2D eigenvalue weighted by molar-refractivity contribution is 5.38. The number of hydrogen-bond donors (Lipinski definition) is 1. The Morgan fingerprint density at radius 3 is 2.63 bits per heavy atom. The van der Waals surface area contributed by atoms with Gasteiger partial charge in [0.25, 0.3) is 0 Å². The van der Waals surface area contributed by atoms with Crippen molar-refractivity contribution in [1.82, 2.24) is 5.32 Å². The van der Waals surface area contributed by atoms with Gasteiger partial charge in [-0.1, -0.05) is 45.0 Å². The van der Waals surface area contributed by atoms with E-state index in [4.69, 9.17) is 0 Å². The fraction of sp³-hybridized carbons (Fsp3) is 0.667. The standard InChI is InChI=1S/C18H27N/c1-13-8-9-14(12-13)19-17-10-11-18(2,3)16-7-5-4-6-15(16)17/h4-7,13-14,17,19H,8-12H2,1-3H3. The summed E-state index contributed by atoms with van der Waals surface area (Å²) in [6.07, 6.45) is 6.71. The summed E-state index contributed by atoms with van der Waals surface area (Å²) in [5.74, 6) is 0.910. The molecule has 0 heterocycles. The monoisotopic (exact) mass is 257 g/mol. The molecule has 1 aromatic rings. The summed E-state index contributed by atoms with van der Waals surface area (Å²) in [5.41, 5.74) is 3.46. The highest BCUT2D eigenvalue weighted by Gasteiger charge is 2.33. The van der Waals surface area contributed by atoms with Gasteiger partial charge in [0.2, 0.25) is 0 Å². The van der Waals surface area contributed by atoms with E-state index >= 15 is 0 Å². The van der Waals surface area contributed by atoms with Gasteiger partial charge < -0.3 is 5.32 Å². The van der Waals surface area contributed by atoms with Crippen LogP contribution in [-0.2, 0) is 5.41 Å². The van der Waals surface area contributed by atoms with E-state index in [1.807, 2.05) is 0 Å². The molecule has 2 aliphatic carbocycles. The third-order valence-electron chi connectivity index (χ3n) is 5.26. The van der Waals surface area contributed by atoms with Crippen LogP contribution in [0.5, 0.6) is 0 Å². The molecule has 1 nitrogen and oxygen atoms in total. The van der Waals surface area contributed by atoms with E-state index < -0.39 is 0 Å². The molecule has 1 N–H and O–H groups in total. The molecular weight excluding hydrogens is 230 g/mol. The highest BCUT2D eigenvalue weighted by atomic mass is 15.0. The molecule has 104 valence electrons. The van der Waals surface area contributed by atoms with Crippen molar-refractivity contribution in [1.29, 1.82) is 0 Å². The molecule has 0 amide bonds. The summed E-state index contributed by atoms with van der Waals surface area (Å²) in [6, 6.07) is 10.4. The molecule has 1 aromatic carbocycles. The molecule has 1 fully saturated rings. The molecule has 0 spiro atoms. The van der Waals surface area contributed by atoms with Crippen LogP contribution in [0.1, 0.15) is 70.0 Å². The van der Waals surface area contributed by atoms with Crippen molar-refractivity contribution in [3.8, 4) is 0 Å². The first kappa shape index (κ1) is 13.2. The minimum Gasteiger partial charge on any atom is -0.307 e. The van der Waals surface area contributed by atoms with E-state index in [0.717, 1.165) is 12.0 Å².